The van der Waals surface area contributed by atoms with Crippen molar-refractivity contribution in [2.24, 2.45) is 22.1 Å². The molecule has 4 rings (SSSR count). The van der Waals surface area contributed by atoms with Crippen molar-refractivity contribution < 1.29 is 9.59 Å². The number of rotatable bonds is 2. The summed E-state index contributed by atoms with van der Waals surface area (Å²) in [6.07, 6.45) is 0.226. The molecule has 1 fully saturated rings. The first-order valence-electron chi connectivity index (χ1n) is 9.70. The Morgan fingerprint density at radius 1 is 1.07 bits per heavy atom. The van der Waals surface area contributed by atoms with Crippen molar-refractivity contribution in [3.63, 3.8) is 0 Å². The van der Waals surface area contributed by atoms with E-state index < -0.39 is 17.3 Å². The number of carbonyl (C=O) groups excluding carboxylic acids is 2. The predicted octanol–water partition coefficient (Wildman–Crippen LogP) is 3.23. The Labute approximate surface area is 175 Å². The summed E-state index contributed by atoms with van der Waals surface area (Å²) in [7, 11) is 0. The molecular formula is C23H23N3O2S. The molecule has 4 atom stereocenters. The van der Waals surface area contributed by atoms with Crippen LogP contribution in [-0.2, 0) is 9.59 Å². The normalized spacial score (nSPS) is 29.5. The molecule has 2 unspecified atom stereocenters. The molecule has 3 N–H and O–H groups in total. The molecule has 2 aromatic carbocycles. The Hall–Kier alpha value is -2.86. The van der Waals surface area contributed by atoms with Crippen molar-refractivity contribution in [3.05, 3.63) is 71.3 Å². The summed E-state index contributed by atoms with van der Waals surface area (Å²) in [5, 5.41) is 2.80. The third-order valence-electron chi connectivity index (χ3n) is 6.33. The van der Waals surface area contributed by atoms with Crippen molar-refractivity contribution in [2.45, 2.75) is 32.1 Å². The number of nitrogens with two attached hydrogens (primary N) is 1. The van der Waals surface area contributed by atoms with Gasteiger partial charge >= 0.3 is 0 Å². The summed E-state index contributed by atoms with van der Waals surface area (Å²) in [4.78, 5) is 31.0. The molecule has 1 spiro atoms. The van der Waals surface area contributed by atoms with Crippen molar-refractivity contribution in [1.29, 1.82) is 0 Å². The predicted molar refractivity (Wildman–Crippen MR) is 117 cm³/mol. The lowest BCUT2D eigenvalue weighted by Gasteiger charge is -2.51. The number of ketones is 1. The van der Waals surface area contributed by atoms with E-state index in [1.165, 1.54) is 0 Å². The summed E-state index contributed by atoms with van der Waals surface area (Å²) >= 11 is 5.13. The van der Waals surface area contributed by atoms with Crippen molar-refractivity contribution in [1.82, 2.24) is 5.32 Å². The second-order valence-electron chi connectivity index (χ2n) is 7.94. The number of nitrogens with one attached hydrogen (secondary N) is 1. The third kappa shape index (κ3) is 2.99. The molecule has 29 heavy (non-hydrogen) atoms. The first-order chi connectivity index (χ1) is 13.9. The van der Waals surface area contributed by atoms with E-state index in [1.807, 2.05) is 68.4 Å². The van der Waals surface area contributed by atoms with Gasteiger partial charge in [0.2, 0.25) is 11.0 Å². The zero-order chi connectivity index (χ0) is 20.8. The molecule has 1 saturated carbocycles. The zero-order valence-corrected chi connectivity index (χ0v) is 17.2. The molecule has 0 aromatic heterocycles. The van der Waals surface area contributed by atoms with E-state index in [-0.39, 0.29) is 35.0 Å². The molecule has 0 bridgehead atoms. The van der Waals surface area contributed by atoms with Crippen LogP contribution in [0, 0.1) is 18.3 Å². The van der Waals surface area contributed by atoms with Crippen LogP contribution in [0.2, 0.25) is 0 Å². The van der Waals surface area contributed by atoms with Crippen LogP contribution < -0.4 is 11.1 Å². The molecule has 2 aromatic rings. The summed E-state index contributed by atoms with van der Waals surface area (Å²) in [5.41, 5.74) is 8.22. The number of benzene rings is 2. The first kappa shape index (κ1) is 19.5. The molecule has 0 saturated heterocycles. The van der Waals surface area contributed by atoms with E-state index in [0.29, 0.717) is 0 Å². The fourth-order valence-corrected chi connectivity index (χ4v) is 5.11. The number of hydrogen-bond acceptors (Lipinski definition) is 4. The molecule has 1 aliphatic carbocycles. The Morgan fingerprint density at radius 2 is 1.72 bits per heavy atom. The van der Waals surface area contributed by atoms with E-state index in [2.05, 4.69) is 10.3 Å². The highest BCUT2D eigenvalue weighted by Crippen LogP contribution is 2.57. The van der Waals surface area contributed by atoms with Gasteiger partial charge in [0.1, 0.15) is 17.0 Å². The van der Waals surface area contributed by atoms with Gasteiger partial charge in [-0.25, -0.2) is 4.99 Å². The Morgan fingerprint density at radius 3 is 2.34 bits per heavy atom. The lowest BCUT2D eigenvalue weighted by Crippen LogP contribution is -2.64. The van der Waals surface area contributed by atoms with Gasteiger partial charge in [0.15, 0.2) is 0 Å². The SMILES string of the molecule is Cc1ccc(C2CC(=O)[C@H](C)[C@@H](c3ccccc3)C23C(=O)NC(=S)N=C3N)cc1. The molecule has 2 aliphatic rings. The van der Waals surface area contributed by atoms with Crippen molar-refractivity contribution in [2.75, 3.05) is 0 Å². The minimum atomic E-state index is -1.19. The van der Waals surface area contributed by atoms with E-state index in [4.69, 9.17) is 18.0 Å². The molecular weight excluding hydrogens is 382 g/mol. The average Bonchev–Trinajstić information content (AvgIpc) is 2.69. The fourth-order valence-electron chi connectivity index (χ4n) is 4.92. The van der Waals surface area contributed by atoms with Crippen molar-refractivity contribution >= 4 is 34.9 Å². The highest BCUT2D eigenvalue weighted by molar-refractivity contribution is 7.80. The smallest absolute Gasteiger partial charge is 0.241 e. The molecule has 1 aliphatic heterocycles. The standard InChI is InChI=1S/C23H23N3O2S/c1-13-8-10-15(11-9-13)17-12-18(27)14(2)19(16-6-4-3-5-7-16)23(17)20(24)25-22(29)26-21(23)28/h3-11,14,17,19H,12H2,1-2H3,(H3,24,25,26,28,29)/t14-,17?,19-,23?/m0/s1. The monoisotopic (exact) mass is 405 g/mol. The number of aryl methyl sites for hydroxylation is 1. The first-order valence-corrected chi connectivity index (χ1v) is 10.1. The Bertz CT molecular complexity index is 1020. The number of amides is 1. The van der Waals surface area contributed by atoms with E-state index in [1.54, 1.807) is 0 Å². The molecule has 5 nitrogen and oxygen atoms in total. The number of thiocarbonyl (C=S) groups is 1. The van der Waals surface area contributed by atoms with Gasteiger partial charge in [0, 0.05) is 24.2 Å². The van der Waals surface area contributed by atoms with Gasteiger partial charge in [-0.1, -0.05) is 67.1 Å². The van der Waals surface area contributed by atoms with Gasteiger partial charge < -0.3 is 11.1 Å². The quantitative estimate of drug-likeness (QED) is 0.752. The maximum absolute atomic E-state index is 13.6. The van der Waals surface area contributed by atoms with Crippen molar-refractivity contribution in [3.8, 4) is 0 Å². The summed E-state index contributed by atoms with van der Waals surface area (Å²) < 4.78 is 0. The van der Waals surface area contributed by atoms with Gasteiger partial charge in [-0.2, -0.15) is 0 Å². The topological polar surface area (TPSA) is 84.5 Å². The highest BCUT2D eigenvalue weighted by Gasteiger charge is 2.62. The van der Waals surface area contributed by atoms with E-state index in [9.17, 15) is 9.59 Å². The fraction of sp³-hybridized carbons (Fsp3) is 0.304. The maximum atomic E-state index is 13.6. The number of nitrogens with zero attached hydrogens (tertiary/aromatic N) is 1. The second-order valence-corrected chi connectivity index (χ2v) is 8.32. The Balaban J connectivity index is 2.01. The minimum Gasteiger partial charge on any atom is -0.386 e. The van der Waals surface area contributed by atoms with Crippen LogP contribution >= 0.6 is 12.2 Å². The number of aliphatic imine (C=N–C) groups is 1. The average molecular weight is 406 g/mol. The van der Waals surface area contributed by atoms with Crippen LogP contribution in [0.1, 0.15) is 41.9 Å². The summed E-state index contributed by atoms with van der Waals surface area (Å²) in [6.45, 7) is 3.88. The molecule has 148 valence electrons. The lowest BCUT2D eigenvalue weighted by molar-refractivity contribution is -0.136. The summed E-state index contributed by atoms with van der Waals surface area (Å²) in [6, 6.07) is 17.5. The maximum Gasteiger partial charge on any atom is 0.241 e. The number of Topliss-reactive ketones (excluding diaryl/α,β-unsaturated/α-hetero) is 1. The number of carbonyl (C=O) groups is 2. The highest BCUT2D eigenvalue weighted by atomic mass is 32.1. The van der Waals surface area contributed by atoms with Crippen LogP contribution in [0.3, 0.4) is 0 Å². The van der Waals surface area contributed by atoms with E-state index >= 15 is 0 Å². The van der Waals surface area contributed by atoms with Crippen LogP contribution in [-0.4, -0.2) is 22.6 Å². The van der Waals surface area contributed by atoms with Gasteiger partial charge in [-0.3, -0.25) is 9.59 Å². The third-order valence-corrected chi connectivity index (χ3v) is 6.53. The van der Waals surface area contributed by atoms with Crippen LogP contribution in [0.25, 0.3) is 0 Å². The number of hydrogen-bond donors (Lipinski definition) is 2. The number of amidine groups is 1. The molecule has 6 heteroatoms. The van der Waals surface area contributed by atoms with Gasteiger partial charge in [0.05, 0.1) is 0 Å². The molecule has 1 heterocycles. The summed E-state index contributed by atoms with van der Waals surface area (Å²) in [5.74, 6) is -1.24. The largest absolute Gasteiger partial charge is 0.386 e. The molecule has 0 radical (unpaired) electrons. The molecule has 1 amide bonds. The zero-order valence-electron chi connectivity index (χ0n) is 16.4. The van der Waals surface area contributed by atoms with Gasteiger partial charge in [-0.15, -0.1) is 0 Å². The van der Waals surface area contributed by atoms with Crippen LogP contribution in [0.15, 0.2) is 59.6 Å². The minimum absolute atomic E-state index is 0.0668. The van der Waals surface area contributed by atoms with Crippen LogP contribution in [0.4, 0.5) is 0 Å². The van der Waals surface area contributed by atoms with Gasteiger partial charge in [-0.05, 0) is 30.3 Å². The van der Waals surface area contributed by atoms with E-state index in [0.717, 1.165) is 16.7 Å². The lowest BCUT2D eigenvalue weighted by atomic mass is 9.51. The van der Waals surface area contributed by atoms with Crippen LogP contribution in [0.5, 0.6) is 0 Å². The Kier molecular flexibility index (Phi) is 4.82. The van der Waals surface area contributed by atoms with Gasteiger partial charge in [0.25, 0.3) is 0 Å². The second kappa shape index (κ2) is 7.19.